The van der Waals surface area contributed by atoms with E-state index in [-0.39, 0.29) is 0 Å². The van der Waals surface area contributed by atoms with Crippen LogP contribution in [0.1, 0.15) is 12.6 Å². The lowest BCUT2D eigenvalue weighted by Gasteiger charge is -2.11. The average Bonchev–Trinajstić information content (AvgIpc) is 2.16. The summed E-state index contributed by atoms with van der Waals surface area (Å²) in [6, 6.07) is 1.90. The zero-order valence-corrected chi connectivity index (χ0v) is 9.05. The first kappa shape index (κ1) is 10.6. The lowest BCUT2D eigenvalue weighted by molar-refractivity contribution is 0.343. The van der Waals surface area contributed by atoms with Crippen LogP contribution in [-0.4, -0.2) is 27.0 Å². The van der Waals surface area contributed by atoms with E-state index in [4.69, 9.17) is 9.47 Å². The first-order valence-electron chi connectivity index (χ1n) is 4.35. The summed E-state index contributed by atoms with van der Waals surface area (Å²) in [7, 11) is 5.14. The normalized spacial score (nSPS) is 9.64. The van der Waals surface area contributed by atoms with Gasteiger partial charge in [-0.15, -0.1) is 0 Å². The molecule has 0 radical (unpaired) electrons. The Balaban J connectivity index is 3.30. The molecule has 1 rings (SSSR count). The molecule has 0 atom stereocenters. The third kappa shape index (κ3) is 1.89. The molecule has 0 aliphatic carbocycles. The summed E-state index contributed by atoms with van der Waals surface area (Å²) in [5, 5.41) is 0. The Morgan fingerprint density at radius 3 is 2.50 bits per heavy atom. The molecule has 0 amide bonds. The van der Waals surface area contributed by atoms with E-state index in [9.17, 15) is 0 Å². The monoisotopic (exact) mass is 191 g/mol. The number of nitrogens with zero attached hydrogens (tertiary/aromatic N) is 1. The number of allylic oxidation sites excluding steroid dienone is 1. The zero-order valence-electron chi connectivity index (χ0n) is 9.05. The van der Waals surface area contributed by atoms with E-state index < -0.39 is 0 Å². The molecular formula is C10H14BNO2. The Hall–Kier alpha value is -1.45. The number of methoxy groups -OCH3 is 2. The number of aromatic nitrogens is 1. The minimum absolute atomic E-state index is 0.496. The van der Waals surface area contributed by atoms with Gasteiger partial charge in [-0.3, -0.25) is 0 Å². The summed E-state index contributed by atoms with van der Waals surface area (Å²) in [4.78, 5) is 4.31. The van der Waals surface area contributed by atoms with Crippen LogP contribution in [0.2, 0.25) is 0 Å². The molecule has 0 unspecified atom stereocenters. The molecule has 0 aromatic carbocycles. The van der Waals surface area contributed by atoms with Crippen LogP contribution in [0.25, 0.3) is 5.57 Å². The molecule has 0 aliphatic heterocycles. The summed E-state index contributed by atoms with van der Waals surface area (Å²) in [5.41, 5.74) is 2.82. The van der Waals surface area contributed by atoms with E-state index in [0.29, 0.717) is 11.6 Å². The zero-order chi connectivity index (χ0) is 10.7. The minimum Gasteiger partial charge on any atom is -0.491 e. The lowest BCUT2D eigenvalue weighted by atomic mass is 9.91. The Labute approximate surface area is 85.2 Å². The molecule has 4 heteroatoms. The van der Waals surface area contributed by atoms with Gasteiger partial charge in [0.25, 0.3) is 5.88 Å². The average molecular weight is 191 g/mol. The third-order valence-electron chi connectivity index (χ3n) is 1.96. The molecule has 0 bridgehead atoms. The van der Waals surface area contributed by atoms with E-state index in [2.05, 4.69) is 11.6 Å². The molecule has 1 aromatic heterocycles. The fraction of sp³-hybridized carbons (Fsp3) is 0.300. The van der Waals surface area contributed by atoms with Crippen LogP contribution in [0.3, 0.4) is 0 Å². The van der Waals surface area contributed by atoms with Crippen molar-refractivity contribution in [3.63, 3.8) is 0 Å². The first-order chi connectivity index (χ1) is 6.60. The molecule has 0 saturated heterocycles. The standard InChI is InChI=1S/C10H14BNO2/c1-6(2)9-7(11)5-8(13-3)10(12-9)14-4/h5H,1,11H2,2-4H3. The molecular weight excluding hydrogens is 177 g/mol. The van der Waals surface area contributed by atoms with E-state index in [1.165, 1.54) is 0 Å². The molecule has 1 aromatic rings. The van der Waals surface area contributed by atoms with Crippen LogP contribution < -0.4 is 14.9 Å². The second-order valence-electron chi connectivity index (χ2n) is 3.15. The SMILES string of the molecule is Bc1cc(OC)c(OC)nc1C(=C)C. The maximum atomic E-state index is 5.13. The number of hydrogen-bond acceptors (Lipinski definition) is 3. The third-order valence-corrected chi connectivity index (χ3v) is 1.96. The van der Waals surface area contributed by atoms with Crippen molar-refractivity contribution >= 4 is 18.9 Å². The first-order valence-corrected chi connectivity index (χ1v) is 4.35. The van der Waals surface area contributed by atoms with E-state index in [1.54, 1.807) is 14.2 Å². The van der Waals surface area contributed by atoms with Gasteiger partial charge < -0.3 is 9.47 Å². The van der Waals surface area contributed by atoms with Crippen molar-refractivity contribution < 1.29 is 9.47 Å². The molecule has 0 N–H and O–H groups in total. The van der Waals surface area contributed by atoms with Gasteiger partial charge in [-0.25, -0.2) is 4.98 Å². The molecule has 3 nitrogen and oxygen atoms in total. The highest BCUT2D eigenvalue weighted by atomic mass is 16.5. The van der Waals surface area contributed by atoms with Crippen LogP contribution >= 0.6 is 0 Å². The van der Waals surface area contributed by atoms with Crippen molar-refractivity contribution in [2.75, 3.05) is 14.2 Å². The largest absolute Gasteiger partial charge is 0.491 e. The predicted octanol–water partition coefficient (Wildman–Crippen LogP) is 0.390. The Morgan fingerprint density at radius 1 is 1.43 bits per heavy atom. The molecule has 0 fully saturated rings. The van der Waals surface area contributed by atoms with E-state index >= 15 is 0 Å². The lowest BCUT2D eigenvalue weighted by Crippen LogP contribution is -2.13. The fourth-order valence-electron chi connectivity index (χ4n) is 1.30. The van der Waals surface area contributed by atoms with Gasteiger partial charge >= 0.3 is 0 Å². The van der Waals surface area contributed by atoms with E-state index in [0.717, 1.165) is 16.7 Å². The summed E-state index contributed by atoms with van der Waals surface area (Å²) < 4.78 is 10.2. The van der Waals surface area contributed by atoms with Crippen molar-refractivity contribution in [1.82, 2.24) is 4.98 Å². The maximum Gasteiger partial charge on any atom is 0.257 e. The van der Waals surface area contributed by atoms with Crippen molar-refractivity contribution in [3.05, 3.63) is 18.3 Å². The number of rotatable bonds is 3. The summed E-state index contributed by atoms with van der Waals surface area (Å²) in [6.45, 7) is 5.78. The second-order valence-corrected chi connectivity index (χ2v) is 3.15. The van der Waals surface area contributed by atoms with Crippen molar-refractivity contribution in [2.24, 2.45) is 0 Å². The Bertz CT molecular complexity index is 363. The van der Waals surface area contributed by atoms with Crippen LogP contribution in [0.4, 0.5) is 0 Å². The Morgan fingerprint density at radius 2 is 2.07 bits per heavy atom. The van der Waals surface area contributed by atoms with Crippen molar-refractivity contribution in [3.8, 4) is 11.6 Å². The quantitative estimate of drug-likeness (QED) is 0.647. The van der Waals surface area contributed by atoms with Gasteiger partial charge in [0.2, 0.25) is 0 Å². The molecule has 0 saturated carbocycles. The van der Waals surface area contributed by atoms with Gasteiger partial charge in [0.05, 0.1) is 19.9 Å². The minimum atomic E-state index is 0.496. The predicted molar refractivity (Wildman–Crippen MR) is 60.2 cm³/mol. The highest BCUT2D eigenvalue weighted by Crippen LogP contribution is 2.24. The van der Waals surface area contributed by atoms with Gasteiger partial charge in [-0.05, 0) is 18.6 Å². The van der Waals surface area contributed by atoms with Crippen LogP contribution in [-0.2, 0) is 0 Å². The van der Waals surface area contributed by atoms with Gasteiger partial charge in [-0.1, -0.05) is 12.0 Å². The van der Waals surface area contributed by atoms with E-state index in [1.807, 2.05) is 20.8 Å². The van der Waals surface area contributed by atoms with Crippen molar-refractivity contribution in [2.45, 2.75) is 6.92 Å². The fourth-order valence-corrected chi connectivity index (χ4v) is 1.30. The van der Waals surface area contributed by atoms with Crippen LogP contribution in [0, 0.1) is 0 Å². The van der Waals surface area contributed by atoms with Crippen LogP contribution in [0.5, 0.6) is 11.6 Å². The number of ether oxygens (including phenoxy) is 2. The summed E-state index contributed by atoms with van der Waals surface area (Å²) in [6.07, 6.45) is 0. The molecule has 74 valence electrons. The highest BCUT2D eigenvalue weighted by molar-refractivity contribution is 6.34. The molecule has 14 heavy (non-hydrogen) atoms. The molecule has 1 heterocycles. The summed E-state index contributed by atoms with van der Waals surface area (Å²) in [5.74, 6) is 1.14. The molecule has 0 aliphatic rings. The topological polar surface area (TPSA) is 31.4 Å². The smallest absolute Gasteiger partial charge is 0.257 e. The number of hydrogen-bond donors (Lipinski definition) is 0. The second kappa shape index (κ2) is 4.18. The van der Waals surface area contributed by atoms with Gasteiger partial charge in [0, 0.05) is 0 Å². The summed E-state index contributed by atoms with van der Waals surface area (Å²) >= 11 is 0. The van der Waals surface area contributed by atoms with Crippen molar-refractivity contribution in [1.29, 1.82) is 0 Å². The number of pyridine rings is 1. The molecule has 0 spiro atoms. The van der Waals surface area contributed by atoms with Gasteiger partial charge in [0.1, 0.15) is 7.85 Å². The highest BCUT2D eigenvalue weighted by Gasteiger charge is 2.09. The van der Waals surface area contributed by atoms with Crippen LogP contribution in [0.15, 0.2) is 12.6 Å². The maximum absolute atomic E-state index is 5.13. The van der Waals surface area contributed by atoms with Gasteiger partial charge in [-0.2, -0.15) is 0 Å². The van der Waals surface area contributed by atoms with Gasteiger partial charge in [0.15, 0.2) is 5.75 Å². The Kier molecular flexibility index (Phi) is 3.17.